The fraction of sp³-hybridized carbons (Fsp3) is 0.909. The molecule has 1 atom stereocenters. The van der Waals surface area contributed by atoms with Crippen LogP contribution in [0.15, 0.2) is 0 Å². The van der Waals surface area contributed by atoms with Gasteiger partial charge in [-0.05, 0) is 24.7 Å². The number of carbonyl (C=O) groups is 1. The van der Waals surface area contributed by atoms with Crippen molar-refractivity contribution in [2.45, 2.75) is 45.6 Å². The van der Waals surface area contributed by atoms with Gasteiger partial charge in [-0.2, -0.15) is 0 Å². The van der Waals surface area contributed by atoms with Crippen LogP contribution in [0.2, 0.25) is 0 Å². The van der Waals surface area contributed by atoms with E-state index in [9.17, 15) is 4.79 Å². The summed E-state index contributed by atoms with van der Waals surface area (Å²) in [6, 6.07) is -0.436. The monoisotopic (exact) mass is 199 g/mol. The second-order valence-electron chi connectivity index (χ2n) is 4.64. The van der Waals surface area contributed by atoms with Crippen LogP contribution in [0.4, 0.5) is 0 Å². The van der Waals surface area contributed by atoms with Gasteiger partial charge in [0.2, 0.25) is 0 Å². The number of rotatable bonds is 6. The SMILES string of the molecule is CC(C)C[C@@H](N)C(=O)OCCC1CC1. The Labute approximate surface area is 86.0 Å². The van der Waals surface area contributed by atoms with E-state index in [0.29, 0.717) is 18.9 Å². The van der Waals surface area contributed by atoms with Gasteiger partial charge >= 0.3 is 5.97 Å². The second kappa shape index (κ2) is 5.35. The molecule has 0 aliphatic heterocycles. The van der Waals surface area contributed by atoms with Gasteiger partial charge in [-0.3, -0.25) is 4.79 Å². The van der Waals surface area contributed by atoms with Crippen LogP contribution < -0.4 is 5.73 Å². The van der Waals surface area contributed by atoms with Gasteiger partial charge in [0.15, 0.2) is 0 Å². The van der Waals surface area contributed by atoms with Crippen molar-refractivity contribution in [1.29, 1.82) is 0 Å². The van der Waals surface area contributed by atoms with Crippen molar-refractivity contribution >= 4 is 5.97 Å². The lowest BCUT2D eigenvalue weighted by molar-refractivity contribution is -0.145. The molecule has 0 bridgehead atoms. The molecule has 0 spiro atoms. The average molecular weight is 199 g/mol. The summed E-state index contributed by atoms with van der Waals surface area (Å²) >= 11 is 0. The summed E-state index contributed by atoms with van der Waals surface area (Å²) in [5, 5.41) is 0. The van der Waals surface area contributed by atoms with Crippen molar-refractivity contribution in [2.75, 3.05) is 6.61 Å². The molecule has 0 aromatic carbocycles. The molecule has 82 valence electrons. The summed E-state index contributed by atoms with van der Waals surface area (Å²) in [5.41, 5.74) is 5.68. The van der Waals surface area contributed by atoms with Crippen molar-refractivity contribution in [2.24, 2.45) is 17.6 Å². The first kappa shape index (κ1) is 11.5. The highest BCUT2D eigenvalue weighted by Gasteiger charge is 2.22. The van der Waals surface area contributed by atoms with E-state index in [-0.39, 0.29) is 5.97 Å². The molecule has 0 saturated heterocycles. The number of nitrogens with two attached hydrogens (primary N) is 1. The molecule has 0 amide bonds. The Bertz CT molecular complexity index is 188. The van der Waals surface area contributed by atoms with E-state index in [2.05, 4.69) is 13.8 Å². The van der Waals surface area contributed by atoms with Gasteiger partial charge in [0.25, 0.3) is 0 Å². The van der Waals surface area contributed by atoms with E-state index in [4.69, 9.17) is 10.5 Å². The number of carbonyl (C=O) groups excluding carboxylic acids is 1. The maximum atomic E-state index is 11.3. The second-order valence-corrected chi connectivity index (χ2v) is 4.64. The summed E-state index contributed by atoms with van der Waals surface area (Å²) < 4.78 is 5.09. The Morgan fingerprint density at radius 2 is 2.14 bits per heavy atom. The van der Waals surface area contributed by atoms with Gasteiger partial charge in [0.05, 0.1) is 6.61 Å². The molecule has 0 heterocycles. The van der Waals surface area contributed by atoms with E-state index in [1.54, 1.807) is 0 Å². The minimum absolute atomic E-state index is 0.237. The van der Waals surface area contributed by atoms with Crippen LogP contribution in [0, 0.1) is 11.8 Å². The minimum Gasteiger partial charge on any atom is -0.465 e. The van der Waals surface area contributed by atoms with Gasteiger partial charge in [-0.1, -0.05) is 26.7 Å². The topological polar surface area (TPSA) is 52.3 Å². The lowest BCUT2D eigenvalue weighted by Gasteiger charge is -2.13. The molecular formula is C11H21NO2. The molecular weight excluding hydrogens is 178 g/mol. The minimum atomic E-state index is -0.436. The third kappa shape index (κ3) is 4.61. The number of ether oxygens (including phenoxy) is 1. The van der Waals surface area contributed by atoms with Crippen LogP contribution in [0.5, 0.6) is 0 Å². The van der Waals surface area contributed by atoms with Gasteiger partial charge in [0, 0.05) is 0 Å². The number of hydrogen-bond donors (Lipinski definition) is 1. The maximum absolute atomic E-state index is 11.3. The zero-order chi connectivity index (χ0) is 10.6. The molecule has 0 aromatic rings. The Morgan fingerprint density at radius 1 is 1.50 bits per heavy atom. The summed E-state index contributed by atoms with van der Waals surface area (Å²) in [6.07, 6.45) is 4.33. The molecule has 1 rings (SSSR count). The van der Waals surface area contributed by atoms with Crippen molar-refractivity contribution < 1.29 is 9.53 Å². The number of esters is 1. The summed E-state index contributed by atoms with van der Waals surface area (Å²) in [5.74, 6) is 1.02. The first-order valence-corrected chi connectivity index (χ1v) is 5.51. The largest absolute Gasteiger partial charge is 0.465 e. The lowest BCUT2D eigenvalue weighted by Crippen LogP contribution is -2.33. The molecule has 1 aliphatic rings. The molecule has 1 fully saturated rings. The van der Waals surface area contributed by atoms with Gasteiger partial charge in [-0.15, -0.1) is 0 Å². The third-order valence-electron chi connectivity index (χ3n) is 2.50. The Morgan fingerprint density at radius 3 is 2.64 bits per heavy atom. The van der Waals surface area contributed by atoms with Crippen molar-refractivity contribution in [3.63, 3.8) is 0 Å². The molecule has 1 aliphatic carbocycles. The van der Waals surface area contributed by atoms with E-state index in [1.807, 2.05) is 0 Å². The highest BCUT2D eigenvalue weighted by molar-refractivity contribution is 5.75. The van der Waals surface area contributed by atoms with E-state index < -0.39 is 6.04 Å². The van der Waals surface area contributed by atoms with Gasteiger partial charge < -0.3 is 10.5 Å². The average Bonchev–Trinajstić information content (AvgIpc) is 2.86. The van der Waals surface area contributed by atoms with Crippen LogP contribution in [-0.2, 0) is 9.53 Å². The predicted molar refractivity (Wildman–Crippen MR) is 55.7 cm³/mol. The normalized spacial score (nSPS) is 18.3. The van der Waals surface area contributed by atoms with Crippen molar-refractivity contribution in [3.8, 4) is 0 Å². The Hall–Kier alpha value is -0.570. The summed E-state index contributed by atoms with van der Waals surface area (Å²) in [4.78, 5) is 11.3. The van der Waals surface area contributed by atoms with Gasteiger partial charge in [0.1, 0.15) is 6.04 Å². The lowest BCUT2D eigenvalue weighted by atomic mass is 10.1. The van der Waals surface area contributed by atoms with Crippen LogP contribution in [0.1, 0.15) is 39.5 Å². The zero-order valence-electron chi connectivity index (χ0n) is 9.16. The van der Waals surface area contributed by atoms with Crippen LogP contribution in [-0.4, -0.2) is 18.6 Å². The molecule has 1 saturated carbocycles. The van der Waals surface area contributed by atoms with E-state index >= 15 is 0 Å². The first-order valence-electron chi connectivity index (χ1n) is 5.51. The Kier molecular flexibility index (Phi) is 4.39. The highest BCUT2D eigenvalue weighted by Crippen LogP contribution is 2.32. The molecule has 3 nitrogen and oxygen atoms in total. The quantitative estimate of drug-likeness (QED) is 0.662. The fourth-order valence-electron chi connectivity index (χ4n) is 1.44. The Balaban J connectivity index is 2.06. The molecule has 2 N–H and O–H groups in total. The fourth-order valence-corrected chi connectivity index (χ4v) is 1.44. The molecule has 0 radical (unpaired) electrons. The maximum Gasteiger partial charge on any atom is 0.322 e. The van der Waals surface area contributed by atoms with Crippen LogP contribution in [0.3, 0.4) is 0 Å². The van der Waals surface area contributed by atoms with E-state index in [0.717, 1.165) is 12.3 Å². The molecule has 3 heteroatoms. The molecule has 14 heavy (non-hydrogen) atoms. The predicted octanol–water partition coefficient (Wildman–Crippen LogP) is 1.70. The smallest absolute Gasteiger partial charge is 0.322 e. The summed E-state index contributed by atoms with van der Waals surface area (Å²) in [7, 11) is 0. The molecule has 0 unspecified atom stereocenters. The number of hydrogen-bond acceptors (Lipinski definition) is 3. The van der Waals surface area contributed by atoms with E-state index in [1.165, 1.54) is 12.8 Å². The van der Waals surface area contributed by atoms with Crippen molar-refractivity contribution in [1.82, 2.24) is 0 Å². The zero-order valence-corrected chi connectivity index (χ0v) is 9.16. The highest BCUT2D eigenvalue weighted by atomic mass is 16.5. The standard InChI is InChI=1S/C11H21NO2/c1-8(2)7-10(12)11(13)14-6-5-9-3-4-9/h8-10H,3-7,12H2,1-2H3/t10-/m1/s1. The first-order chi connectivity index (χ1) is 6.59. The van der Waals surface area contributed by atoms with Crippen LogP contribution >= 0.6 is 0 Å². The third-order valence-corrected chi connectivity index (χ3v) is 2.50. The van der Waals surface area contributed by atoms with Crippen LogP contribution in [0.25, 0.3) is 0 Å². The summed E-state index contributed by atoms with van der Waals surface area (Å²) in [6.45, 7) is 4.66. The van der Waals surface area contributed by atoms with Gasteiger partial charge in [-0.25, -0.2) is 0 Å². The van der Waals surface area contributed by atoms with Crippen molar-refractivity contribution in [3.05, 3.63) is 0 Å². The molecule has 0 aromatic heterocycles.